The molecule has 1 aromatic heterocycles. The molecule has 27 heavy (non-hydrogen) atoms. The minimum absolute atomic E-state index is 0.0213. The van der Waals surface area contributed by atoms with Gasteiger partial charge in [0, 0.05) is 28.4 Å². The minimum atomic E-state index is 0.0213. The van der Waals surface area contributed by atoms with E-state index in [9.17, 15) is 5.11 Å². The lowest BCUT2D eigenvalue weighted by molar-refractivity contribution is 0.457. The van der Waals surface area contributed by atoms with E-state index in [1.165, 1.54) is 11.3 Å². The Labute approximate surface area is 160 Å². The predicted octanol–water partition coefficient (Wildman–Crippen LogP) is 6.00. The number of hydrogen-bond donors (Lipinski definition) is 2. The van der Waals surface area contributed by atoms with E-state index >= 15 is 0 Å². The maximum atomic E-state index is 10.3. The van der Waals surface area contributed by atoms with Crippen molar-refractivity contribution in [3.05, 3.63) is 77.2 Å². The molecular formula is C22H15N3OS. The first kappa shape index (κ1) is 15.8. The van der Waals surface area contributed by atoms with Gasteiger partial charge in [0.05, 0.1) is 10.6 Å². The van der Waals surface area contributed by atoms with Gasteiger partial charge in [0.2, 0.25) is 5.88 Å². The molecule has 0 unspecified atom stereocenters. The molecule has 4 nitrogen and oxygen atoms in total. The number of nitrogens with zero attached hydrogens (tertiary/aromatic N) is 2. The van der Waals surface area contributed by atoms with Crippen molar-refractivity contribution in [2.75, 3.05) is 5.32 Å². The third-order valence-corrected chi connectivity index (χ3v) is 5.42. The molecule has 0 bridgehead atoms. The number of rotatable bonds is 3. The molecule has 4 aromatic rings. The number of anilines is 2. The van der Waals surface area contributed by atoms with Gasteiger partial charge in [-0.1, -0.05) is 65.9 Å². The van der Waals surface area contributed by atoms with Gasteiger partial charge in [-0.3, -0.25) is 4.99 Å². The van der Waals surface area contributed by atoms with Crippen LogP contribution in [0.1, 0.15) is 10.4 Å². The Morgan fingerprint density at radius 1 is 0.926 bits per heavy atom. The monoisotopic (exact) mass is 369 g/mol. The lowest BCUT2D eigenvalue weighted by Gasteiger charge is -2.06. The molecule has 5 heteroatoms. The van der Waals surface area contributed by atoms with Crippen LogP contribution in [-0.4, -0.2) is 16.3 Å². The number of aromatic nitrogens is 1. The average molecular weight is 369 g/mol. The van der Waals surface area contributed by atoms with E-state index in [-0.39, 0.29) is 5.88 Å². The SMILES string of the molecule is Oc1nc(Nc2cccc3ccccc23)sc1/C=C1/C=Nc2ccccc21. The van der Waals surface area contributed by atoms with E-state index in [0.717, 1.165) is 33.3 Å². The number of aromatic hydroxyl groups is 1. The third kappa shape index (κ3) is 2.88. The summed E-state index contributed by atoms with van der Waals surface area (Å²) in [6, 6.07) is 22.2. The summed E-state index contributed by atoms with van der Waals surface area (Å²) in [7, 11) is 0. The number of allylic oxidation sites excluding steroid dienone is 1. The van der Waals surface area contributed by atoms with Crippen LogP contribution in [0.2, 0.25) is 0 Å². The van der Waals surface area contributed by atoms with Gasteiger partial charge in [-0.05, 0) is 23.6 Å². The van der Waals surface area contributed by atoms with Crippen molar-refractivity contribution in [1.82, 2.24) is 4.98 Å². The van der Waals surface area contributed by atoms with Crippen molar-refractivity contribution < 1.29 is 5.11 Å². The molecule has 3 aromatic carbocycles. The van der Waals surface area contributed by atoms with Crippen LogP contribution in [0, 0.1) is 0 Å². The molecule has 0 saturated carbocycles. The topological polar surface area (TPSA) is 57.5 Å². The molecule has 5 rings (SSSR count). The quantitative estimate of drug-likeness (QED) is 0.465. The molecule has 0 aliphatic carbocycles. The lowest BCUT2D eigenvalue weighted by Crippen LogP contribution is -1.90. The molecule has 0 fully saturated rings. The van der Waals surface area contributed by atoms with E-state index in [4.69, 9.17) is 0 Å². The Bertz CT molecular complexity index is 1220. The van der Waals surface area contributed by atoms with E-state index in [0.29, 0.717) is 10.0 Å². The van der Waals surface area contributed by atoms with Gasteiger partial charge >= 0.3 is 0 Å². The molecule has 1 aliphatic heterocycles. The molecule has 0 atom stereocenters. The van der Waals surface area contributed by atoms with E-state index < -0.39 is 0 Å². The van der Waals surface area contributed by atoms with Crippen LogP contribution in [0.5, 0.6) is 5.88 Å². The summed E-state index contributed by atoms with van der Waals surface area (Å²) < 4.78 is 0. The molecule has 1 aliphatic rings. The zero-order valence-corrected chi connectivity index (χ0v) is 15.1. The summed E-state index contributed by atoms with van der Waals surface area (Å²) in [5.41, 5.74) is 3.95. The summed E-state index contributed by atoms with van der Waals surface area (Å²) in [6.07, 6.45) is 3.75. The molecule has 0 spiro atoms. The first-order valence-corrected chi connectivity index (χ1v) is 9.39. The van der Waals surface area contributed by atoms with Crippen LogP contribution in [0.25, 0.3) is 22.4 Å². The lowest BCUT2D eigenvalue weighted by atomic mass is 10.1. The number of fused-ring (bicyclic) bond motifs is 2. The Morgan fingerprint density at radius 3 is 2.70 bits per heavy atom. The largest absolute Gasteiger partial charge is 0.492 e. The highest BCUT2D eigenvalue weighted by atomic mass is 32.1. The summed E-state index contributed by atoms with van der Waals surface area (Å²) in [4.78, 5) is 9.40. The van der Waals surface area contributed by atoms with Crippen molar-refractivity contribution in [3.8, 4) is 5.88 Å². The second-order valence-electron chi connectivity index (χ2n) is 6.23. The van der Waals surface area contributed by atoms with E-state index in [1.54, 1.807) is 0 Å². The fraction of sp³-hybridized carbons (Fsp3) is 0. The number of nitrogens with one attached hydrogen (secondary N) is 1. The normalized spacial score (nSPS) is 14.0. The van der Waals surface area contributed by atoms with Gasteiger partial charge in [-0.15, -0.1) is 0 Å². The summed E-state index contributed by atoms with van der Waals surface area (Å²) >= 11 is 1.41. The second kappa shape index (κ2) is 6.37. The van der Waals surface area contributed by atoms with Crippen LogP contribution in [0.3, 0.4) is 0 Å². The smallest absolute Gasteiger partial charge is 0.231 e. The van der Waals surface area contributed by atoms with Crippen LogP contribution >= 0.6 is 11.3 Å². The molecule has 0 saturated heterocycles. The van der Waals surface area contributed by atoms with Crippen LogP contribution in [0.15, 0.2) is 71.7 Å². The summed E-state index contributed by atoms with van der Waals surface area (Å²) in [5.74, 6) is 0.0213. The van der Waals surface area contributed by atoms with Crippen molar-refractivity contribution in [2.45, 2.75) is 0 Å². The predicted molar refractivity (Wildman–Crippen MR) is 113 cm³/mol. The van der Waals surface area contributed by atoms with Crippen molar-refractivity contribution in [3.63, 3.8) is 0 Å². The summed E-state index contributed by atoms with van der Waals surface area (Å²) in [5, 5.41) is 16.6. The maximum absolute atomic E-state index is 10.3. The van der Waals surface area contributed by atoms with Gasteiger partial charge in [0.15, 0.2) is 5.13 Å². The Hall–Kier alpha value is -3.44. The van der Waals surface area contributed by atoms with Crippen molar-refractivity contribution >= 4 is 56.5 Å². The minimum Gasteiger partial charge on any atom is -0.492 e. The second-order valence-corrected chi connectivity index (χ2v) is 7.26. The highest BCUT2D eigenvalue weighted by Crippen LogP contribution is 2.37. The fourth-order valence-corrected chi connectivity index (χ4v) is 4.04. The molecule has 2 N–H and O–H groups in total. The van der Waals surface area contributed by atoms with Crippen molar-refractivity contribution in [2.24, 2.45) is 4.99 Å². The van der Waals surface area contributed by atoms with Crippen LogP contribution < -0.4 is 5.32 Å². The number of benzene rings is 3. The van der Waals surface area contributed by atoms with E-state index in [1.807, 2.05) is 60.8 Å². The van der Waals surface area contributed by atoms with Crippen LogP contribution in [-0.2, 0) is 0 Å². The standard InChI is InChI=1S/C22H15N3OS/c26-21-20(12-15-13-23-18-10-4-3-9-17(15)18)27-22(25-21)24-19-11-5-7-14-6-1-2-8-16(14)19/h1-13,26H,(H,24,25)/b15-12-. The van der Waals surface area contributed by atoms with Gasteiger partial charge in [-0.25, -0.2) is 0 Å². The number of hydrogen-bond acceptors (Lipinski definition) is 5. The fourth-order valence-electron chi connectivity index (χ4n) is 3.22. The maximum Gasteiger partial charge on any atom is 0.231 e. The van der Waals surface area contributed by atoms with Gasteiger partial charge in [0.1, 0.15) is 0 Å². The van der Waals surface area contributed by atoms with Gasteiger partial charge in [-0.2, -0.15) is 4.98 Å². The number of aliphatic imine (C=N–C) groups is 1. The van der Waals surface area contributed by atoms with Gasteiger partial charge in [0.25, 0.3) is 0 Å². The molecule has 130 valence electrons. The third-order valence-electron chi connectivity index (χ3n) is 4.51. The summed E-state index contributed by atoms with van der Waals surface area (Å²) in [6.45, 7) is 0. The molecule has 0 amide bonds. The first-order valence-electron chi connectivity index (χ1n) is 8.58. The Balaban J connectivity index is 1.49. The highest BCUT2D eigenvalue weighted by molar-refractivity contribution is 7.16. The number of thiazole rings is 1. The molecule has 2 heterocycles. The number of para-hydroxylation sites is 1. The van der Waals surface area contributed by atoms with Gasteiger partial charge < -0.3 is 10.4 Å². The Morgan fingerprint density at radius 2 is 1.74 bits per heavy atom. The molecule has 0 radical (unpaired) electrons. The van der Waals surface area contributed by atoms with E-state index in [2.05, 4.69) is 33.5 Å². The molecular weight excluding hydrogens is 354 g/mol. The zero-order chi connectivity index (χ0) is 18.2. The highest BCUT2D eigenvalue weighted by Gasteiger charge is 2.15. The van der Waals surface area contributed by atoms with Crippen LogP contribution in [0.4, 0.5) is 16.5 Å². The van der Waals surface area contributed by atoms with Crippen molar-refractivity contribution in [1.29, 1.82) is 0 Å². The first-order chi connectivity index (χ1) is 13.3. The average Bonchev–Trinajstić information content (AvgIpc) is 3.26. The zero-order valence-electron chi connectivity index (χ0n) is 14.3. The Kier molecular flexibility index (Phi) is 3.73.